The SMILES string of the molecule is Clc1nc(-n2cnc3ccccc32)nc(-n2ncc3ccccc32)n1. The van der Waals surface area contributed by atoms with Gasteiger partial charge in [-0.05, 0) is 29.8 Å². The molecule has 0 atom stereocenters. The second kappa shape index (κ2) is 5.35. The lowest BCUT2D eigenvalue weighted by Gasteiger charge is -2.06. The zero-order valence-electron chi connectivity index (χ0n) is 12.8. The number of hydrogen-bond donors (Lipinski definition) is 0. The van der Waals surface area contributed by atoms with Gasteiger partial charge in [0, 0.05) is 5.39 Å². The molecule has 0 bridgehead atoms. The van der Waals surface area contributed by atoms with Crippen LogP contribution in [-0.4, -0.2) is 34.3 Å². The van der Waals surface area contributed by atoms with Crippen molar-refractivity contribution in [2.45, 2.75) is 0 Å². The number of fused-ring (bicyclic) bond motifs is 2. The van der Waals surface area contributed by atoms with Crippen LogP contribution >= 0.6 is 11.6 Å². The number of nitrogens with zero attached hydrogens (tertiary/aromatic N) is 7. The molecule has 0 unspecified atom stereocenters. The third-order valence-electron chi connectivity index (χ3n) is 3.92. The van der Waals surface area contributed by atoms with Crippen LogP contribution in [-0.2, 0) is 0 Å². The fourth-order valence-corrected chi connectivity index (χ4v) is 2.93. The summed E-state index contributed by atoms with van der Waals surface area (Å²) in [5.41, 5.74) is 2.64. The smallest absolute Gasteiger partial charge is 0.257 e. The van der Waals surface area contributed by atoms with E-state index in [9.17, 15) is 0 Å². The van der Waals surface area contributed by atoms with E-state index in [0.717, 1.165) is 21.9 Å². The molecule has 0 spiro atoms. The molecule has 0 aliphatic heterocycles. The maximum Gasteiger partial charge on any atom is 0.257 e. The number of para-hydroxylation sites is 3. The molecule has 5 aromatic rings. The Morgan fingerprint density at radius 2 is 1.56 bits per heavy atom. The van der Waals surface area contributed by atoms with E-state index in [1.807, 2.05) is 48.5 Å². The fraction of sp³-hybridized carbons (Fsp3) is 0. The zero-order chi connectivity index (χ0) is 16.8. The van der Waals surface area contributed by atoms with Gasteiger partial charge < -0.3 is 0 Å². The van der Waals surface area contributed by atoms with Gasteiger partial charge in [-0.25, -0.2) is 4.98 Å². The van der Waals surface area contributed by atoms with E-state index in [4.69, 9.17) is 11.6 Å². The van der Waals surface area contributed by atoms with E-state index in [1.54, 1.807) is 21.8 Å². The van der Waals surface area contributed by atoms with Crippen molar-refractivity contribution in [3.05, 3.63) is 66.3 Å². The molecule has 120 valence electrons. The van der Waals surface area contributed by atoms with E-state index >= 15 is 0 Å². The first kappa shape index (κ1) is 14.1. The van der Waals surface area contributed by atoms with Gasteiger partial charge >= 0.3 is 0 Å². The summed E-state index contributed by atoms with van der Waals surface area (Å²) in [6.45, 7) is 0. The first-order valence-electron chi connectivity index (χ1n) is 7.57. The molecule has 3 heterocycles. The highest BCUT2D eigenvalue weighted by Gasteiger charge is 2.13. The van der Waals surface area contributed by atoms with Crippen LogP contribution in [0.2, 0.25) is 5.28 Å². The average Bonchev–Trinajstić information content (AvgIpc) is 3.25. The van der Waals surface area contributed by atoms with Crippen LogP contribution in [0.5, 0.6) is 0 Å². The number of imidazole rings is 1. The normalized spacial score (nSPS) is 11.4. The molecule has 0 saturated heterocycles. The molecule has 5 rings (SSSR count). The summed E-state index contributed by atoms with van der Waals surface area (Å²) in [6.07, 6.45) is 3.43. The van der Waals surface area contributed by atoms with E-state index in [2.05, 4.69) is 25.0 Å². The van der Waals surface area contributed by atoms with E-state index < -0.39 is 0 Å². The Balaban J connectivity index is 1.73. The van der Waals surface area contributed by atoms with Crippen LogP contribution in [0.15, 0.2) is 61.1 Å². The van der Waals surface area contributed by atoms with Crippen molar-refractivity contribution in [3.63, 3.8) is 0 Å². The highest BCUT2D eigenvalue weighted by molar-refractivity contribution is 6.28. The van der Waals surface area contributed by atoms with Gasteiger partial charge in [0.2, 0.25) is 11.2 Å². The largest absolute Gasteiger partial charge is 0.267 e. The summed E-state index contributed by atoms with van der Waals surface area (Å²) in [4.78, 5) is 17.4. The summed E-state index contributed by atoms with van der Waals surface area (Å²) < 4.78 is 3.42. The summed E-state index contributed by atoms with van der Waals surface area (Å²) in [7, 11) is 0. The van der Waals surface area contributed by atoms with Crippen molar-refractivity contribution in [1.82, 2.24) is 34.3 Å². The molecule has 0 fully saturated rings. The van der Waals surface area contributed by atoms with Crippen molar-refractivity contribution in [1.29, 1.82) is 0 Å². The lowest BCUT2D eigenvalue weighted by Crippen LogP contribution is -2.09. The van der Waals surface area contributed by atoms with Crippen molar-refractivity contribution in [3.8, 4) is 11.9 Å². The van der Waals surface area contributed by atoms with Gasteiger partial charge in [-0.3, -0.25) is 4.57 Å². The van der Waals surface area contributed by atoms with Crippen molar-refractivity contribution >= 4 is 33.5 Å². The fourth-order valence-electron chi connectivity index (χ4n) is 2.78. The molecular weight excluding hydrogens is 338 g/mol. The highest BCUT2D eigenvalue weighted by atomic mass is 35.5. The Hall–Kier alpha value is -3.32. The molecule has 0 aliphatic rings. The molecule has 2 aromatic carbocycles. The van der Waals surface area contributed by atoms with E-state index in [-0.39, 0.29) is 5.28 Å². The van der Waals surface area contributed by atoms with Crippen molar-refractivity contribution < 1.29 is 0 Å². The summed E-state index contributed by atoms with van der Waals surface area (Å²) in [5.74, 6) is 0.747. The van der Waals surface area contributed by atoms with Crippen LogP contribution in [0.4, 0.5) is 0 Å². The lowest BCUT2D eigenvalue weighted by molar-refractivity contribution is 0.795. The number of aromatic nitrogens is 7. The minimum Gasteiger partial charge on any atom is -0.267 e. The molecule has 7 nitrogen and oxygen atoms in total. The Morgan fingerprint density at radius 3 is 2.48 bits per heavy atom. The minimum absolute atomic E-state index is 0.0948. The molecule has 0 radical (unpaired) electrons. The standard InChI is InChI=1S/C17H10ClN7/c18-15-21-16(24-10-19-12-6-2-4-8-14(12)24)23-17(22-15)25-13-7-3-1-5-11(13)9-20-25/h1-10H. The first-order chi connectivity index (χ1) is 12.3. The quantitative estimate of drug-likeness (QED) is 0.490. The van der Waals surface area contributed by atoms with Gasteiger partial charge in [0.05, 0.1) is 22.7 Å². The van der Waals surface area contributed by atoms with Crippen LogP contribution < -0.4 is 0 Å². The Kier molecular flexibility index (Phi) is 3.01. The topological polar surface area (TPSA) is 74.3 Å². The van der Waals surface area contributed by atoms with Crippen molar-refractivity contribution in [2.75, 3.05) is 0 Å². The third kappa shape index (κ3) is 2.25. The Labute approximate surface area is 146 Å². The van der Waals surface area contributed by atoms with Gasteiger partial charge in [-0.1, -0.05) is 30.3 Å². The number of benzene rings is 2. The van der Waals surface area contributed by atoms with Gasteiger partial charge in [-0.2, -0.15) is 24.7 Å². The second-order valence-corrected chi connectivity index (χ2v) is 5.76. The van der Waals surface area contributed by atoms with E-state index in [0.29, 0.717) is 11.9 Å². The molecular formula is C17H10ClN7. The summed E-state index contributed by atoms with van der Waals surface area (Å²) in [5, 5.41) is 5.46. The maximum atomic E-state index is 6.15. The second-order valence-electron chi connectivity index (χ2n) is 5.42. The highest BCUT2D eigenvalue weighted by Crippen LogP contribution is 2.19. The third-order valence-corrected chi connectivity index (χ3v) is 4.09. The van der Waals surface area contributed by atoms with Crippen LogP contribution in [0.3, 0.4) is 0 Å². The number of halogens is 1. The molecule has 0 N–H and O–H groups in total. The van der Waals surface area contributed by atoms with Crippen molar-refractivity contribution in [2.24, 2.45) is 0 Å². The summed E-state index contributed by atoms with van der Waals surface area (Å²) in [6, 6.07) is 15.6. The Morgan fingerprint density at radius 1 is 0.800 bits per heavy atom. The molecule has 0 aliphatic carbocycles. The predicted octanol–water partition coefficient (Wildman–Crippen LogP) is 3.20. The Bertz CT molecular complexity index is 1130. The average molecular weight is 348 g/mol. The molecule has 0 saturated carbocycles. The molecule has 8 heteroatoms. The molecule has 0 amide bonds. The zero-order valence-corrected chi connectivity index (χ0v) is 13.5. The molecule has 3 aromatic heterocycles. The van der Waals surface area contributed by atoms with Crippen LogP contribution in [0, 0.1) is 0 Å². The predicted molar refractivity (Wildman–Crippen MR) is 94.1 cm³/mol. The molecule has 25 heavy (non-hydrogen) atoms. The van der Waals surface area contributed by atoms with Gasteiger partial charge in [0.25, 0.3) is 5.95 Å². The van der Waals surface area contributed by atoms with Gasteiger partial charge in [0.15, 0.2) is 0 Å². The number of rotatable bonds is 2. The van der Waals surface area contributed by atoms with Gasteiger partial charge in [0.1, 0.15) is 6.33 Å². The number of hydrogen-bond acceptors (Lipinski definition) is 5. The van der Waals surface area contributed by atoms with Crippen LogP contribution in [0.1, 0.15) is 0 Å². The van der Waals surface area contributed by atoms with Gasteiger partial charge in [-0.15, -0.1) is 0 Å². The first-order valence-corrected chi connectivity index (χ1v) is 7.94. The lowest BCUT2D eigenvalue weighted by atomic mass is 10.3. The summed E-state index contributed by atoms with van der Waals surface area (Å²) >= 11 is 6.15. The van der Waals surface area contributed by atoms with Crippen LogP contribution in [0.25, 0.3) is 33.8 Å². The monoisotopic (exact) mass is 347 g/mol. The van der Waals surface area contributed by atoms with E-state index in [1.165, 1.54) is 0 Å². The maximum absolute atomic E-state index is 6.15. The minimum atomic E-state index is 0.0948.